The molecule has 2 aliphatic heterocycles. The first-order valence-corrected chi connectivity index (χ1v) is 24.7. The number of carbonyl (C=O) groups excluding carboxylic acids is 6. The van der Waals surface area contributed by atoms with Crippen molar-refractivity contribution >= 4 is 81.9 Å². The third kappa shape index (κ3) is 9.80. The quantitative estimate of drug-likeness (QED) is 0.0661. The molecule has 2 aromatic heterocycles. The summed E-state index contributed by atoms with van der Waals surface area (Å²) < 4.78 is 46.2. The number of cyclic esters (lactones) is 2. The lowest BCUT2D eigenvalue weighted by molar-refractivity contribution is -0.158. The van der Waals surface area contributed by atoms with Crippen LogP contribution in [-0.2, 0) is 28.5 Å². The predicted molar refractivity (Wildman–Crippen MR) is 273 cm³/mol. The summed E-state index contributed by atoms with van der Waals surface area (Å²) in [6.45, 7) is 10.4. The standard InChI is InChI=1S/C54H48N4O14S2/c1-51(2,3)71-49(63)55-33-19-13-29(14-20-33)43-57-53(47(61)69-43)41(31-17-23-35(37(27-31)65-7)67-45(59)39-11-9-25-73-39)54(42(53)32-18-24-36(38(28-32)66-8)68-46(60)40-12-10-26-74-40)48(62)70-44(58-54)30-15-21-34(22-16-30)56-50(64)72-52(4,5)6/h9-28,41-42H,1-8H3,(H,55,63)(H,56,64). The molecule has 0 atom stereocenters. The van der Waals surface area contributed by atoms with Gasteiger partial charge in [0, 0.05) is 22.5 Å². The second-order valence-electron chi connectivity index (χ2n) is 19.1. The number of methoxy groups -OCH3 is 2. The number of thiophene rings is 2. The van der Waals surface area contributed by atoms with Gasteiger partial charge >= 0.3 is 36.1 Å². The zero-order valence-corrected chi connectivity index (χ0v) is 42.8. The molecule has 6 aromatic rings. The van der Waals surface area contributed by atoms with E-state index in [1.54, 1.807) is 137 Å². The molecule has 2 spiro atoms. The summed E-state index contributed by atoms with van der Waals surface area (Å²) in [6, 6.07) is 28.5. The van der Waals surface area contributed by atoms with E-state index in [1.807, 2.05) is 0 Å². The Bertz CT molecular complexity index is 3020. The largest absolute Gasteiger partial charge is 0.493 e. The molecule has 3 aliphatic rings. The summed E-state index contributed by atoms with van der Waals surface area (Å²) in [4.78, 5) is 93.0. The molecule has 0 radical (unpaired) electrons. The van der Waals surface area contributed by atoms with Crippen LogP contribution >= 0.6 is 22.7 Å². The van der Waals surface area contributed by atoms with Gasteiger partial charge in [0.25, 0.3) is 0 Å². The van der Waals surface area contributed by atoms with Gasteiger partial charge in [-0.2, -0.15) is 0 Å². The van der Waals surface area contributed by atoms with Gasteiger partial charge in [0.15, 0.2) is 34.1 Å². The number of esters is 4. The number of hydrogen-bond acceptors (Lipinski definition) is 18. The number of ether oxygens (including phenoxy) is 8. The van der Waals surface area contributed by atoms with Crippen molar-refractivity contribution in [2.24, 2.45) is 9.98 Å². The highest BCUT2D eigenvalue weighted by Gasteiger charge is 2.83. The second-order valence-corrected chi connectivity index (χ2v) is 21.0. The Hall–Kier alpha value is -8.36. The minimum Gasteiger partial charge on any atom is -0.493 e. The minimum absolute atomic E-state index is 0.0441. The smallest absolute Gasteiger partial charge is 0.412 e. The number of anilines is 2. The molecule has 4 heterocycles. The number of carbonyl (C=O) groups is 6. The highest BCUT2D eigenvalue weighted by atomic mass is 32.1. The number of rotatable bonds is 12. The van der Waals surface area contributed by atoms with Crippen LogP contribution in [0.1, 0.15) is 95.0 Å². The third-order valence-corrected chi connectivity index (χ3v) is 13.5. The van der Waals surface area contributed by atoms with Crippen LogP contribution in [0, 0.1) is 0 Å². The van der Waals surface area contributed by atoms with E-state index in [-0.39, 0.29) is 34.8 Å². The van der Waals surface area contributed by atoms with Crippen LogP contribution < -0.4 is 29.6 Å². The first kappa shape index (κ1) is 50.6. The fraction of sp³-hybridized carbons (Fsp3) is 0.259. The van der Waals surface area contributed by atoms with Gasteiger partial charge in [0.1, 0.15) is 21.0 Å². The molecule has 0 unspecified atom stereocenters. The molecule has 1 aliphatic carbocycles. The van der Waals surface area contributed by atoms with Crippen LogP contribution in [-0.4, -0.2) is 84.4 Å². The zero-order valence-electron chi connectivity index (χ0n) is 41.1. The Morgan fingerprint density at radius 2 is 0.919 bits per heavy atom. The molecule has 0 saturated heterocycles. The Kier molecular flexibility index (Phi) is 13.4. The van der Waals surface area contributed by atoms with Crippen LogP contribution in [0.15, 0.2) is 130 Å². The topological polar surface area (TPSA) is 225 Å². The maximum absolute atomic E-state index is 15.2. The molecule has 20 heteroatoms. The lowest BCUT2D eigenvalue weighted by atomic mass is 9.43. The third-order valence-electron chi connectivity index (χ3n) is 11.8. The second kappa shape index (κ2) is 19.6. The van der Waals surface area contributed by atoms with Crippen LogP contribution in [0.5, 0.6) is 23.0 Å². The maximum Gasteiger partial charge on any atom is 0.412 e. The van der Waals surface area contributed by atoms with Gasteiger partial charge in [-0.1, -0.05) is 24.3 Å². The summed E-state index contributed by atoms with van der Waals surface area (Å²) in [5.74, 6) is -5.64. The van der Waals surface area contributed by atoms with Gasteiger partial charge in [0.2, 0.25) is 11.8 Å². The molecule has 1 saturated carbocycles. The lowest BCUT2D eigenvalue weighted by Crippen LogP contribution is -2.73. The summed E-state index contributed by atoms with van der Waals surface area (Å²) in [7, 11) is 2.75. The number of aliphatic imine (C=N–C) groups is 2. The SMILES string of the molecule is COc1cc(C2C3(N=C(c4ccc(NC(=O)OC(C)(C)C)cc4)OC3=O)C(c3ccc(OC(=O)c4cccs4)c(OC)c3)C23N=C(c2ccc(NC(=O)OC(C)(C)C)cc2)OC3=O)ccc1OC(=O)c1cccs1. The summed E-state index contributed by atoms with van der Waals surface area (Å²) in [6.07, 6.45) is -1.36. The van der Waals surface area contributed by atoms with Crippen molar-refractivity contribution in [2.45, 2.75) is 75.7 Å². The molecular weight excluding hydrogens is 993 g/mol. The van der Waals surface area contributed by atoms with Gasteiger partial charge in [-0.3, -0.25) is 10.6 Å². The highest BCUT2D eigenvalue weighted by molar-refractivity contribution is 7.12. The van der Waals surface area contributed by atoms with Crippen LogP contribution in [0.3, 0.4) is 0 Å². The number of amides is 2. The van der Waals surface area contributed by atoms with Gasteiger partial charge in [-0.15, -0.1) is 22.7 Å². The van der Waals surface area contributed by atoms with Gasteiger partial charge < -0.3 is 37.9 Å². The Morgan fingerprint density at radius 1 is 0.541 bits per heavy atom. The van der Waals surface area contributed by atoms with E-state index >= 15 is 9.59 Å². The molecular formula is C54H48N4O14S2. The summed E-state index contributed by atoms with van der Waals surface area (Å²) in [5.41, 5.74) is -3.51. The van der Waals surface area contributed by atoms with E-state index in [4.69, 9.17) is 47.9 Å². The van der Waals surface area contributed by atoms with Crippen molar-refractivity contribution in [2.75, 3.05) is 24.9 Å². The Balaban J connectivity index is 1.20. The van der Waals surface area contributed by atoms with E-state index in [9.17, 15) is 19.2 Å². The molecule has 2 N–H and O–H groups in total. The first-order valence-electron chi connectivity index (χ1n) is 22.9. The summed E-state index contributed by atoms with van der Waals surface area (Å²) >= 11 is 2.38. The molecule has 2 amide bonds. The van der Waals surface area contributed by atoms with Crippen LogP contribution in [0.25, 0.3) is 0 Å². The van der Waals surface area contributed by atoms with Crippen LogP contribution in [0.2, 0.25) is 0 Å². The Morgan fingerprint density at radius 3 is 1.24 bits per heavy atom. The fourth-order valence-corrected chi connectivity index (χ4v) is 10.1. The van der Waals surface area contributed by atoms with Crippen molar-refractivity contribution in [3.05, 3.63) is 152 Å². The van der Waals surface area contributed by atoms with E-state index in [1.165, 1.54) is 61.2 Å². The summed E-state index contributed by atoms with van der Waals surface area (Å²) in [5, 5.41) is 8.83. The molecule has 18 nitrogen and oxygen atoms in total. The van der Waals surface area contributed by atoms with E-state index in [0.717, 1.165) is 0 Å². The molecule has 9 rings (SSSR count). The predicted octanol–water partition coefficient (Wildman–Crippen LogP) is 10.3. The maximum atomic E-state index is 15.2. The normalized spacial score (nSPS) is 19.8. The van der Waals surface area contributed by atoms with Gasteiger partial charge in [0.05, 0.1) is 26.1 Å². The minimum atomic E-state index is -2.01. The average Bonchev–Trinajstić information content (AvgIpc) is 4.19. The van der Waals surface area contributed by atoms with Gasteiger partial charge in [-0.05, 0) is 148 Å². The van der Waals surface area contributed by atoms with E-state index in [2.05, 4.69) is 10.6 Å². The van der Waals surface area contributed by atoms with Crippen molar-refractivity contribution < 1.29 is 66.7 Å². The van der Waals surface area contributed by atoms with Crippen molar-refractivity contribution in [3.63, 3.8) is 0 Å². The van der Waals surface area contributed by atoms with Crippen molar-refractivity contribution in [1.29, 1.82) is 0 Å². The average molecular weight is 1040 g/mol. The van der Waals surface area contributed by atoms with Crippen molar-refractivity contribution in [3.8, 4) is 23.0 Å². The molecule has 0 bridgehead atoms. The zero-order chi connectivity index (χ0) is 52.7. The van der Waals surface area contributed by atoms with Gasteiger partial charge in [-0.25, -0.2) is 38.8 Å². The van der Waals surface area contributed by atoms with Crippen molar-refractivity contribution in [1.82, 2.24) is 0 Å². The number of nitrogens with one attached hydrogen (secondary N) is 2. The monoisotopic (exact) mass is 1040 g/mol. The number of nitrogens with zero attached hydrogens (tertiary/aromatic N) is 2. The molecule has 74 heavy (non-hydrogen) atoms. The molecule has 4 aromatic carbocycles. The number of hydrogen-bond donors (Lipinski definition) is 2. The highest BCUT2D eigenvalue weighted by Crippen LogP contribution is 2.70. The first-order chi connectivity index (χ1) is 35.2. The van der Waals surface area contributed by atoms with E-state index in [0.29, 0.717) is 43.4 Å². The fourth-order valence-electron chi connectivity index (χ4n) is 8.93. The molecule has 380 valence electrons. The number of benzene rings is 4. The van der Waals surface area contributed by atoms with Crippen LogP contribution in [0.4, 0.5) is 21.0 Å². The molecule has 1 fully saturated rings. The van der Waals surface area contributed by atoms with E-state index < -0.39 is 70.2 Å². The Labute approximate surface area is 432 Å². The lowest BCUT2D eigenvalue weighted by Gasteiger charge is -2.58.